The molecule has 0 aliphatic heterocycles. The lowest BCUT2D eigenvalue weighted by molar-refractivity contribution is 0.112. The Hall–Kier alpha value is -1.96. The molecule has 2 rings (SSSR count). The first-order valence-electron chi connectivity index (χ1n) is 5.19. The van der Waals surface area contributed by atoms with Crippen LogP contribution in [0.5, 0.6) is 0 Å². The number of aldehydes is 1. The van der Waals surface area contributed by atoms with Gasteiger partial charge in [-0.25, -0.2) is 0 Å². The topological polar surface area (TPSA) is 30.0 Å². The molecule has 16 heavy (non-hydrogen) atoms. The molecule has 0 fully saturated rings. The Labute approximate surface area is 95.0 Å². The molecule has 0 unspecified atom stereocenters. The van der Waals surface area contributed by atoms with Crippen LogP contribution >= 0.6 is 0 Å². The van der Waals surface area contributed by atoms with Crippen LogP contribution in [0.4, 0.5) is 0 Å². The van der Waals surface area contributed by atoms with Crippen LogP contribution in [-0.2, 0) is 0 Å². The van der Waals surface area contributed by atoms with Crippen molar-refractivity contribution in [2.45, 2.75) is 13.8 Å². The lowest BCUT2D eigenvalue weighted by Gasteiger charge is -2.05. The second-order valence-electron chi connectivity index (χ2n) is 3.90. The zero-order valence-electron chi connectivity index (χ0n) is 9.40. The maximum absolute atomic E-state index is 11.0. The second-order valence-corrected chi connectivity index (χ2v) is 3.90. The van der Waals surface area contributed by atoms with E-state index in [0.29, 0.717) is 5.56 Å². The van der Waals surface area contributed by atoms with Gasteiger partial charge in [-0.15, -0.1) is 0 Å². The van der Waals surface area contributed by atoms with Gasteiger partial charge in [-0.1, -0.05) is 23.8 Å². The Kier molecular flexibility index (Phi) is 2.82. The molecule has 0 amide bonds. The molecule has 0 saturated heterocycles. The van der Waals surface area contributed by atoms with E-state index in [1.807, 2.05) is 44.2 Å². The summed E-state index contributed by atoms with van der Waals surface area (Å²) in [7, 11) is 0. The standard InChI is InChI=1S/C14H13NO/c1-10-3-6-14(13(7-10)9-16)12-5-4-11(2)15-8-12/h3-9H,1-2H3. The highest BCUT2D eigenvalue weighted by atomic mass is 16.1. The Morgan fingerprint density at radius 3 is 2.56 bits per heavy atom. The van der Waals surface area contributed by atoms with Crippen LogP contribution in [0.15, 0.2) is 36.5 Å². The molecule has 0 saturated carbocycles. The maximum atomic E-state index is 11.0. The molecular weight excluding hydrogens is 198 g/mol. The van der Waals surface area contributed by atoms with Crippen molar-refractivity contribution in [2.75, 3.05) is 0 Å². The molecule has 0 spiro atoms. The van der Waals surface area contributed by atoms with Crippen LogP contribution < -0.4 is 0 Å². The predicted molar refractivity (Wildman–Crippen MR) is 64.5 cm³/mol. The van der Waals surface area contributed by atoms with Crippen molar-refractivity contribution in [1.29, 1.82) is 0 Å². The van der Waals surface area contributed by atoms with Gasteiger partial charge in [-0.2, -0.15) is 0 Å². The largest absolute Gasteiger partial charge is 0.298 e. The number of aryl methyl sites for hydroxylation is 2. The Balaban J connectivity index is 2.55. The zero-order chi connectivity index (χ0) is 11.5. The summed E-state index contributed by atoms with van der Waals surface area (Å²) in [6.45, 7) is 3.92. The van der Waals surface area contributed by atoms with Gasteiger partial charge < -0.3 is 0 Å². The first-order chi connectivity index (χ1) is 7.70. The van der Waals surface area contributed by atoms with Gasteiger partial charge in [0.05, 0.1) is 0 Å². The van der Waals surface area contributed by atoms with Crippen molar-refractivity contribution in [3.63, 3.8) is 0 Å². The van der Waals surface area contributed by atoms with Crippen molar-refractivity contribution in [2.24, 2.45) is 0 Å². The number of carbonyl (C=O) groups excluding carboxylic acids is 1. The van der Waals surface area contributed by atoms with Crippen molar-refractivity contribution in [3.8, 4) is 11.1 Å². The summed E-state index contributed by atoms with van der Waals surface area (Å²) in [5.41, 5.74) is 4.70. The number of benzene rings is 1. The van der Waals surface area contributed by atoms with E-state index in [2.05, 4.69) is 4.98 Å². The third kappa shape index (κ3) is 2.01. The van der Waals surface area contributed by atoms with Crippen LogP contribution in [0, 0.1) is 13.8 Å². The van der Waals surface area contributed by atoms with Crippen LogP contribution in [0.2, 0.25) is 0 Å². The van der Waals surface area contributed by atoms with Gasteiger partial charge in [-0.3, -0.25) is 9.78 Å². The first kappa shape index (κ1) is 10.6. The number of pyridine rings is 1. The van der Waals surface area contributed by atoms with E-state index in [0.717, 1.165) is 28.7 Å². The molecule has 0 radical (unpaired) electrons. The van der Waals surface area contributed by atoms with E-state index in [9.17, 15) is 4.79 Å². The van der Waals surface area contributed by atoms with E-state index in [1.54, 1.807) is 6.20 Å². The fourth-order valence-electron chi connectivity index (χ4n) is 1.67. The molecule has 80 valence electrons. The average molecular weight is 211 g/mol. The van der Waals surface area contributed by atoms with Crippen LogP contribution in [0.25, 0.3) is 11.1 Å². The molecular formula is C14H13NO. The SMILES string of the molecule is Cc1ccc(-c2ccc(C)nc2)c(C=O)c1. The summed E-state index contributed by atoms with van der Waals surface area (Å²) >= 11 is 0. The minimum atomic E-state index is 0.714. The van der Waals surface area contributed by atoms with E-state index in [4.69, 9.17) is 0 Å². The number of hydrogen-bond donors (Lipinski definition) is 0. The summed E-state index contributed by atoms with van der Waals surface area (Å²) in [5.74, 6) is 0. The van der Waals surface area contributed by atoms with Gasteiger partial charge in [0, 0.05) is 23.0 Å². The highest BCUT2D eigenvalue weighted by Crippen LogP contribution is 2.23. The van der Waals surface area contributed by atoms with Gasteiger partial charge in [0.1, 0.15) is 0 Å². The molecule has 0 aliphatic rings. The molecule has 1 aromatic carbocycles. The van der Waals surface area contributed by atoms with Crippen LogP contribution in [0.3, 0.4) is 0 Å². The number of rotatable bonds is 2. The summed E-state index contributed by atoms with van der Waals surface area (Å²) in [4.78, 5) is 15.2. The quantitative estimate of drug-likeness (QED) is 0.714. The van der Waals surface area contributed by atoms with Crippen LogP contribution in [-0.4, -0.2) is 11.3 Å². The highest BCUT2D eigenvalue weighted by molar-refractivity contribution is 5.87. The van der Waals surface area contributed by atoms with Gasteiger partial charge in [0.25, 0.3) is 0 Å². The number of carbonyl (C=O) groups is 1. The maximum Gasteiger partial charge on any atom is 0.150 e. The van der Waals surface area contributed by atoms with E-state index in [-0.39, 0.29) is 0 Å². The predicted octanol–water partition coefficient (Wildman–Crippen LogP) is 3.18. The lowest BCUT2D eigenvalue weighted by atomic mass is 10.00. The van der Waals surface area contributed by atoms with Crippen molar-refractivity contribution < 1.29 is 4.79 Å². The fourth-order valence-corrected chi connectivity index (χ4v) is 1.67. The lowest BCUT2D eigenvalue weighted by Crippen LogP contribution is -1.90. The zero-order valence-corrected chi connectivity index (χ0v) is 9.40. The summed E-state index contributed by atoms with van der Waals surface area (Å²) < 4.78 is 0. The normalized spacial score (nSPS) is 10.1. The molecule has 2 nitrogen and oxygen atoms in total. The number of hydrogen-bond acceptors (Lipinski definition) is 2. The Bertz CT molecular complexity index is 515. The van der Waals surface area contributed by atoms with Gasteiger partial charge in [0.15, 0.2) is 6.29 Å². The Morgan fingerprint density at radius 2 is 1.94 bits per heavy atom. The molecule has 2 heteroatoms. The van der Waals surface area contributed by atoms with E-state index < -0.39 is 0 Å². The first-order valence-corrected chi connectivity index (χ1v) is 5.19. The van der Waals surface area contributed by atoms with E-state index in [1.165, 1.54) is 0 Å². The Morgan fingerprint density at radius 1 is 1.12 bits per heavy atom. The third-order valence-electron chi connectivity index (χ3n) is 2.56. The molecule has 0 atom stereocenters. The fraction of sp³-hybridized carbons (Fsp3) is 0.143. The molecule has 1 aromatic heterocycles. The third-order valence-corrected chi connectivity index (χ3v) is 2.56. The second kappa shape index (κ2) is 4.27. The van der Waals surface area contributed by atoms with Gasteiger partial charge in [-0.05, 0) is 31.5 Å². The smallest absolute Gasteiger partial charge is 0.150 e. The molecule has 2 aromatic rings. The number of aromatic nitrogens is 1. The van der Waals surface area contributed by atoms with Crippen molar-refractivity contribution >= 4 is 6.29 Å². The van der Waals surface area contributed by atoms with Crippen molar-refractivity contribution in [1.82, 2.24) is 4.98 Å². The monoisotopic (exact) mass is 211 g/mol. The van der Waals surface area contributed by atoms with Gasteiger partial charge in [0.2, 0.25) is 0 Å². The highest BCUT2D eigenvalue weighted by Gasteiger charge is 2.04. The van der Waals surface area contributed by atoms with Gasteiger partial charge >= 0.3 is 0 Å². The van der Waals surface area contributed by atoms with E-state index >= 15 is 0 Å². The molecule has 0 N–H and O–H groups in total. The molecule has 1 heterocycles. The summed E-state index contributed by atoms with van der Waals surface area (Å²) in [6, 6.07) is 9.79. The summed E-state index contributed by atoms with van der Waals surface area (Å²) in [6.07, 6.45) is 2.69. The average Bonchev–Trinajstić information content (AvgIpc) is 2.30. The van der Waals surface area contributed by atoms with Crippen LogP contribution in [0.1, 0.15) is 21.6 Å². The summed E-state index contributed by atoms with van der Waals surface area (Å²) in [5, 5.41) is 0. The molecule has 0 aliphatic carbocycles. The minimum absolute atomic E-state index is 0.714. The molecule has 0 bridgehead atoms. The number of nitrogens with zero attached hydrogens (tertiary/aromatic N) is 1. The minimum Gasteiger partial charge on any atom is -0.298 e. The van der Waals surface area contributed by atoms with Crippen molar-refractivity contribution in [3.05, 3.63) is 53.3 Å².